The van der Waals surface area contributed by atoms with E-state index >= 15 is 0 Å². The topological polar surface area (TPSA) is 66.8 Å². The van der Waals surface area contributed by atoms with Crippen LogP contribution in [-0.2, 0) is 4.74 Å². The van der Waals surface area contributed by atoms with Crippen molar-refractivity contribution in [1.82, 2.24) is 0 Å². The Hall–Kier alpha value is -0.770. The number of hydrogen-bond acceptors (Lipinski definition) is 3. The molecule has 1 aliphatic rings. The Balaban J connectivity index is 2.51. The van der Waals surface area contributed by atoms with Gasteiger partial charge in [-0.3, -0.25) is 0 Å². The van der Waals surface area contributed by atoms with Crippen molar-refractivity contribution in [3.63, 3.8) is 0 Å². The zero-order valence-electron chi connectivity index (χ0n) is 15.9. The fourth-order valence-corrected chi connectivity index (χ4v) is 4.36. The Morgan fingerprint density at radius 2 is 1.67 bits per heavy atom. The molecule has 0 spiro atoms. The monoisotopic (exact) mass is 342 g/mol. The van der Waals surface area contributed by atoms with Crippen molar-refractivity contribution >= 4 is 6.16 Å². The zero-order chi connectivity index (χ0) is 17.9. The van der Waals surface area contributed by atoms with Crippen molar-refractivity contribution in [2.24, 2.45) is 23.7 Å². The molecule has 2 N–H and O–H groups in total. The first-order valence-electron chi connectivity index (χ1n) is 9.96. The van der Waals surface area contributed by atoms with Gasteiger partial charge < -0.3 is 14.9 Å². The van der Waals surface area contributed by atoms with Gasteiger partial charge in [0.1, 0.15) is 6.10 Å². The maximum Gasteiger partial charge on any atom is 0.506 e. The van der Waals surface area contributed by atoms with Crippen LogP contribution >= 0.6 is 0 Å². The number of hydrogen-bond donors (Lipinski definition) is 2. The average Bonchev–Trinajstić information content (AvgIpc) is 2.52. The molecule has 0 aromatic rings. The van der Waals surface area contributed by atoms with Crippen LogP contribution in [0, 0.1) is 23.7 Å². The van der Waals surface area contributed by atoms with Crippen LogP contribution in [-0.4, -0.2) is 29.1 Å². The Labute approximate surface area is 148 Å². The number of aliphatic hydroxyl groups is 1. The summed E-state index contributed by atoms with van der Waals surface area (Å²) in [6.45, 7) is 7.08. The summed E-state index contributed by atoms with van der Waals surface area (Å²) in [5.41, 5.74) is 0. The Bertz CT molecular complexity index is 343. The number of unbranched alkanes of at least 4 members (excludes halogenated alkanes) is 5. The molecule has 0 aliphatic heterocycles. The van der Waals surface area contributed by atoms with Gasteiger partial charge in [-0.05, 0) is 55.8 Å². The van der Waals surface area contributed by atoms with Crippen LogP contribution in [0.3, 0.4) is 0 Å². The maximum absolute atomic E-state index is 11.2. The minimum absolute atomic E-state index is 0.143. The zero-order valence-corrected chi connectivity index (χ0v) is 15.9. The summed E-state index contributed by atoms with van der Waals surface area (Å²) in [5.74, 6) is 2.21. The van der Waals surface area contributed by atoms with Gasteiger partial charge >= 0.3 is 6.16 Å². The molecule has 1 fully saturated rings. The summed E-state index contributed by atoms with van der Waals surface area (Å²) in [4.78, 5) is 11.2. The molecule has 1 rings (SSSR count). The van der Waals surface area contributed by atoms with Crippen molar-refractivity contribution in [1.29, 1.82) is 0 Å². The lowest BCUT2D eigenvalue weighted by molar-refractivity contribution is -0.0246. The van der Waals surface area contributed by atoms with Gasteiger partial charge in [-0.2, -0.15) is 0 Å². The smallest absolute Gasteiger partial charge is 0.450 e. The summed E-state index contributed by atoms with van der Waals surface area (Å²) in [5, 5.41) is 17.9. The SMILES string of the molecule is CC1CCC(C(C)C)C(C(CCCCCCCCO)OC(=O)O)C1. The summed E-state index contributed by atoms with van der Waals surface area (Å²) in [6, 6.07) is 0. The molecule has 0 saturated heterocycles. The van der Waals surface area contributed by atoms with Crippen LogP contribution < -0.4 is 0 Å². The minimum Gasteiger partial charge on any atom is -0.450 e. The van der Waals surface area contributed by atoms with E-state index in [9.17, 15) is 4.79 Å². The van der Waals surface area contributed by atoms with E-state index in [1.165, 1.54) is 12.8 Å². The molecule has 0 amide bonds. The Kier molecular flexibility index (Phi) is 10.4. The van der Waals surface area contributed by atoms with Crippen LogP contribution in [0.15, 0.2) is 0 Å². The maximum atomic E-state index is 11.2. The minimum atomic E-state index is -1.12. The van der Waals surface area contributed by atoms with Crippen LogP contribution in [0.5, 0.6) is 0 Å². The molecule has 1 saturated carbocycles. The van der Waals surface area contributed by atoms with E-state index < -0.39 is 6.16 Å². The van der Waals surface area contributed by atoms with Crippen LogP contribution in [0.4, 0.5) is 4.79 Å². The summed E-state index contributed by atoms with van der Waals surface area (Å²) >= 11 is 0. The number of rotatable bonds is 11. The summed E-state index contributed by atoms with van der Waals surface area (Å²) in [7, 11) is 0. The third kappa shape index (κ3) is 7.87. The molecular weight excluding hydrogens is 304 g/mol. The summed E-state index contributed by atoms with van der Waals surface area (Å²) < 4.78 is 5.35. The van der Waals surface area contributed by atoms with E-state index in [0.29, 0.717) is 23.7 Å². The molecule has 4 atom stereocenters. The fourth-order valence-electron chi connectivity index (χ4n) is 4.36. The van der Waals surface area contributed by atoms with Gasteiger partial charge in [0.05, 0.1) is 0 Å². The lowest BCUT2D eigenvalue weighted by Gasteiger charge is -2.41. The van der Waals surface area contributed by atoms with Gasteiger partial charge in [0.25, 0.3) is 0 Å². The van der Waals surface area contributed by atoms with E-state index in [1.54, 1.807) is 0 Å². The highest BCUT2D eigenvalue weighted by molar-refractivity contribution is 5.57. The molecule has 4 unspecified atom stereocenters. The van der Waals surface area contributed by atoms with Gasteiger partial charge in [-0.1, -0.05) is 52.9 Å². The lowest BCUT2D eigenvalue weighted by Crippen LogP contribution is -2.38. The predicted octanol–water partition coefficient (Wildman–Crippen LogP) is 5.48. The van der Waals surface area contributed by atoms with Crippen LogP contribution in [0.2, 0.25) is 0 Å². The highest BCUT2D eigenvalue weighted by Crippen LogP contribution is 2.41. The second-order valence-electron chi connectivity index (χ2n) is 8.05. The van der Waals surface area contributed by atoms with Crippen LogP contribution in [0.25, 0.3) is 0 Å². The molecule has 0 bridgehead atoms. The molecular formula is C20H38O4. The molecule has 0 heterocycles. The quantitative estimate of drug-likeness (QED) is 0.385. The third-order valence-corrected chi connectivity index (χ3v) is 5.70. The number of carboxylic acid groups (broad SMARTS) is 1. The van der Waals surface area contributed by atoms with Crippen molar-refractivity contribution in [3.8, 4) is 0 Å². The lowest BCUT2D eigenvalue weighted by atomic mass is 9.67. The largest absolute Gasteiger partial charge is 0.506 e. The van der Waals surface area contributed by atoms with Crippen LogP contribution in [0.1, 0.15) is 85.0 Å². The van der Waals surface area contributed by atoms with Crippen molar-refractivity contribution < 1.29 is 19.7 Å². The summed E-state index contributed by atoms with van der Waals surface area (Å²) in [6.07, 6.45) is 9.58. The average molecular weight is 343 g/mol. The van der Waals surface area contributed by atoms with E-state index in [2.05, 4.69) is 20.8 Å². The van der Waals surface area contributed by atoms with Gasteiger partial charge in [-0.25, -0.2) is 4.79 Å². The molecule has 1 aliphatic carbocycles. The van der Waals surface area contributed by atoms with Gasteiger partial charge in [0.15, 0.2) is 0 Å². The predicted molar refractivity (Wildman–Crippen MR) is 97.1 cm³/mol. The van der Waals surface area contributed by atoms with E-state index in [4.69, 9.17) is 14.9 Å². The van der Waals surface area contributed by atoms with Gasteiger partial charge in [0, 0.05) is 6.61 Å². The van der Waals surface area contributed by atoms with Gasteiger partial charge in [0.2, 0.25) is 0 Å². The second-order valence-corrected chi connectivity index (χ2v) is 8.05. The molecule has 0 aromatic heterocycles. The molecule has 4 heteroatoms. The van der Waals surface area contributed by atoms with E-state index in [0.717, 1.165) is 51.4 Å². The molecule has 24 heavy (non-hydrogen) atoms. The highest BCUT2D eigenvalue weighted by Gasteiger charge is 2.37. The fraction of sp³-hybridized carbons (Fsp3) is 0.950. The standard InChI is InChI=1S/C20H38O4/c1-15(2)17-12-11-16(3)14-18(17)19(24-20(22)23)10-8-6-4-5-7-9-13-21/h15-19,21H,4-14H2,1-3H3,(H,22,23). The van der Waals surface area contributed by atoms with Crippen molar-refractivity contribution in [3.05, 3.63) is 0 Å². The van der Waals surface area contributed by atoms with E-state index in [-0.39, 0.29) is 12.7 Å². The first kappa shape index (κ1) is 21.3. The first-order chi connectivity index (χ1) is 11.5. The van der Waals surface area contributed by atoms with Gasteiger partial charge in [-0.15, -0.1) is 0 Å². The second kappa shape index (κ2) is 11.7. The van der Waals surface area contributed by atoms with Crippen molar-refractivity contribution in [2.75, 3.05) is 6.61 Å². The molecule has 0 radical (unpaired) electrons. The Morgan fingerprint density at radius 1 is 1.04 bits per heavy atom. The molecule has 0 aromatic carbocycles. The number of aliphatic hydroxyl groups excluding tert-OH is 1. The number of carbonyl (C=O) groups is 1. The number of ether oxygens (including phenoxy) is 1. The first-order valence-corrected chi connectivity index (χ1v) is 9.96. The third-order valence-electron chi connectivity index (χ3n) is 5.70. The van der Waals surface area contributed by atoms with E-state index in [1.807, 2.05) is 0 Å². The Morgan fingerprint density at radius 3 is 2.25 bits per heavy atom. The molecule has 4 nitrogen and oxygen atoms in total. The normalized spacial score (nSPS) is 25.6. The highest BCUT2D eigenvalue weighted by atomic mass is 16.7. The molecule has 142 valence electrons. The van der Waals surface area contributed by atoms with Crippen molar-refractivity contribution in [2.45, 2.75) is 91.1 Å².